The number of likely N-dealkylation sites (N-methyl/N-ethyl adjacent to an activating group) is 1. The second-order valence-electron chi connectivity index (χ2n) is 4.47. The van der Waals surface area contributed by atoms with E-state index in [1.807, 2.05) is 0 Å². The molecule has 1 amide bonds. The first-order valence-electron chi connectivity index (χ1n) is 5.45. The summed E-state index contributed by atoms with van der Waals surface area (Å²) in [5.74, 6) is 0.187. The van der Waals surface area contributed by atoms with E-state index in [4.69, 9.17) is 0 Å². The minimum Gasteiger partial charge on any atom is -0.354 e. The Hall–Kier alpha value is -0.610. The smallest absolute Gasteiger partial charge is 0.221 e. The van der Waals surface area contributed by atoms with Crippen LogP contribution in [0.5, 0.6) is 0 Å². The molecule has 14 heavy (non-hydrogen) atoms. The second-order valence-corrected chi connectivity index (χ2v) is 4.47. The predicted octanol–water partition coefficient (Wildman–Crippen LogP) is -0.441. The van der Waals surface area contributed by atoms with E-state index >= 15 is 0 Å². The summed E-state index contributed by atoms with van der Waals surface area (Å²) < 4.78 is 0. The SMILES string of the molecule is CN1CCCC(NC2CNC(=O)C2)C1. The standard InChI is InChI=1S/C10H19N3O/c1-13-4-2-3-8(7-13)12-9-5-10(14)11-6-9/h8-9,12H,2-7H2,1H3,(H,11,14). The van der Waals surface area contributed by atoms with Crippen LogP contribution in [0.2, 0.25) is 0 Å². The summed E-state index contributed by atoms with van der Waals surface area (Å²) in [7, 11) is 2.16. The summed E-state index contributed by atoms with van der Waals surface area (Å²) in [6.07, 6.45) is 3.16. The van der Waals surface area contributed by atoms with Crippen molar-refractivity contribution in [1.29, 1.82) is 0 Å². The Balaban J connectivity index is 1.76. The highest BCUT2D eigenvalue weighted by Gasteiger charge is 2.25. The molecule has 0 aliphatic carbocycles. The van der Waals surface area contributed by atoms with Crippen molar-refractivity contribution < 1.29 is 4.79 Å². The molecule has 0 spiro atoms. The molecule has 2 fully saturated rings. The number of likely N-dealkylation sites (tertiary alicyclic amines) is 1. The van der Waals surface area contributed by atoms with Crippen molar-refractivity contribution in [1.82, 2.24) is 15.5 Å². The van der Waals surface area contributed by atoms with Gasteiger partial charge in [0.15, 0.2) is 0 Å². The molecule has 2 unspecified atom stereocenters. The van der Waals surface area contributed by atoms with Gasteiger partial charge in [-0.2, -0.15) is 0 Å². The predicted molar refractivity (Wildman–Crippen MR) is 55.1 cm³/mol. The molecule has 2 heterocycles. The number of amides is 1. The van der Waals surface area contributed by atoms with Gasteiger partial charge in [0.2, 0.25) is 5.91 Å². The zero-order valence-corrected chi connectivity index (χ0v) is 8.75. The number of hydrogen-bond donors (Lipinski definition) is 2. The summed E-state index contributed by atoms with van der Waals surface area (Å²) in [5, 5.41) is 6.41. The highest BCUT2D eigenvalue weighted by Crippen LogP contribution is 2.10. The first-order valence-corrected chi connectivity index (χ1v) is 5.45. The molecule has 2 aliphatic heterocycles. The van der Waals surface area contributed by atoms with E-state index in [2.05, 4.69) is 22.6 Å². The van der Waals surface area contributed by atoms with Gasteiger partial charge in [0.25, 0.3) is 0 Å². The second kappa shape index (κ2) is 4.28. The maximum Gasteiger partial charge on any atom is 0.221 e. The maximum atomic E-state index is 11.0. The first kappa shape index (κ1) is 9.93. The summed E-state index contributed by atoms with van der Waals surface area (Å²) in [4.78, 5) is 13.4. The van der Waals surface area contributed by atoms with Gasteiger partial charge in [0, 0.05) is 31.6 Å². The lowest BCUT2D eigenvalue weighted by atomic mass is 10.0. The van der Waals surface area contributed by atoms with Crippen LogP contribution in [0.3, 0.4) is 0 Å². The summed E-state index contributed by atoms with van der Waals surface area (Å²) in [5.41, 5.74) is 0. The quantitative estimate of drug-likeness (QED) is 0.631. The Labute approximate surface area is 85.0 Å². The molecule has 0 aromatic heterocycles. The van der Waals surface area contributed by atoms with Gasteiger partial charge in [0.05, 0.1) is 0 Å². The first-order chi connectivity index (χ1) is 6.74. The molecule has 2 N–H and O–H groups in total. The largest absolute Gasteiger partial charge is 0.354 e. The van der Waals surface area contributed by atoms with Crippen LogP contribution in [-0.2, 0) is 4.79 Å². The lowest BCUT2D eigenvalue weighted by molar-refractivity contribution is -0.119. The molecule has 0 radical (unpaired) electrons. The number of carbonyl (C=O) groups excluding carboxylic acids is 1. The van der Waals surface area contributed by atoms with Crippen molar-refractivity contribution in [3.05, 3.63) is 0 Å². The lowest BCUT2D eigenvalue weighted by Gasteiger charge is -2.31. The van der Waals surface area contributed by atoms with E-state index in [1.54, 1.807) is 0 Å². The fraction of sp³-hybridized carbons (Fsp3) is 0.900. The van der Waals surface area contributed by atoms with Crippen LogP contribution in [0, 0.1) is 0 Å². The van der Waals surface area contributed by atoms with Crippen LogP contribution in [-0.4, -0.2) is 49.6 Å². The van der Waals surface area contributed by atoms with Gasteiger partial charge in [-0.05, 0) is 26.4 Å². The third kappa shape index (κ3) is 2.45. The fourth-order valence-electron chi connectivity index (χ4n) is 2.36. The normalized spacial score (nSPS) is 34.5. The molecule has 0 aromatic rings. The number of piperidine rings is 1. The maximum absolute atomic E-state index is 11.0. The number of nitrogens with zero attached hydrogens (tertiary/aromatic N) is 1. The van der Waals surface area contributed by atoms with Crippen molar-refractivity contribution in [2.75, 3.05) is 26.7 Å². The van der Waals surface area contributed by atoms with Gasteiger partial charge in [0.1, 0.15) is 0 Å². The zero-order valence-electron chi connectivity index (χ0n) is 8.75. The zero-order chi connectivity index (χ0) is 9.97. The van der Waals surface area contributed by atoms with Crippen molar-refractivity contribution in [2.45, 2.75) is 31.3 Å². The van der Waals surface area contributed by atoms with Crippen molar-refractivity contribution in [3.63, 3.8) is 0 Å². The van der Waals surface area contributed by atoms with Gasteiger partial charge >= 0.3 is 0 Å². The van der Waals surface area contributed by atoms with Crippen LogP contribution in [0.25, 0.3) is 0 Å². The summed E-state index contributed by atoms with van der Waals surface area (Å²) in [6.45, 7) is 3.13. The monoisotopic (exact) mass is 197 g/mol. The molecule has 4 heteroatoms. The van der Waals surface area contributed by atoms with Gasteiger partial charge in [-0.15, -0.1) is 0 Å². The van der Waals surface area contributed by atoms with Gasteiger partial charge < -0.3 is 15.5 Å². The third-order valence-corrected chi connectivity index (χ3v) is 3.07. The molecule has 2 saturated heterocycles. The van der Waals surface area contributed by atoms with E-state index in [-0.39, 0.29) is 5.91 Å². The fourth-order valence-corrected chi connectivity index (χ4v) is 2.36. The van der Waals surface area contributed by atoms with Crippen LogP contribution in [0.15, 0.2) is 0 Å². The molecule has 0 aromatic carbocycles. The van der Waals surface area contributed by atoms with Gasteiger partial charge in [-0.1, -0.05) is 0 Å². The van der Waals surface area contributed by atoms with E-state index in [0.29, 0.717) is 18.5 Å². The van der Waals surface area contributed by atoms with Crippen molar-refractivity contribution in [3.8, 4) is 0 Å². The third-order valence-electron chi connectivity index (χ3n) is 3.07. The highest BCUT2D eigenvalue weighted by atomic mass is 16.1. The van der Waals surface area contributed by atoms with Gasteiger partial charge in [-0.3, -0.25) is 4.79 Å². The van der Waals surface area contributed by atoms with Crippen LogP contribution in [0.4, 0.5) is 0 Å². The number of nitrogens with one attached hydrogen (secondary N) is 2. The van der Waals surface area contributed by atoms with Crippen LogP contribution < -0.4 is 10.6 Å². The van der Waals surface area contributed by atoms with Crippen molar-refractivity contribution >= 4 is 5.91 Å². The summed E-state index contributed by atoms with van der Waals surface area (Å²) >= 11 is 0. The number of rotatable bonds is 2. The van der Waals surface area contributed by atoms with Gasteiger partial charge in [-0.25, -0.2) is 0 Å². The molecular formula is C10H19N3O. The average Bonchev–Trinajstić information content (AvgIpc) is 2.51. The molecule has 0 saturated carbocycles. The molecular weight excluding hydrogens is 178 g/mol. The average molecular weight is 197 g/mol. The highest BCUT2D eigenvalue weighted by molar-refractivity contribution is 5.78. The molecule has 2 rings (SSSR count). The minimum atomic E-state index is 0.187. The van der Waals surface area contributed by atoms with E-state index < -0.39 is 0 Å². The Kier molecular flexibility index (Phi) is 3.03. The Morgan fingerprint density at radius 1 is 1.50 bits per heavy atom. The molecule has 2 atom stereocenters. The van der Waals surface area contributed by atoms with E-state index in [1.165, 1.54) is 19.4 Å². The topological polar surface area (TPSA) is 44.4 Å². The van der Waals surface area contributed by atoms with E-state index in [0.717, 1.165) is 13.1 Å². The number of hydrogen-bond acceptors (Lipinski definition) is 3. The Bertz CT molecular complexity index is 219. The van der Waals surface area contributed by atoms with Crippen LogP contribution >= 0.6 is 0 Å². The lowest BCUT2D eigenvalue weighted by Crippen LogP contribution is -2.48. The molecule has 0 bridgehead atoms. The van der Waals surface area contributed by atoms with Crippen LogP contribution in [0.1, 0.15) is 19.3 Å². The van der Waals surface area contributed by atoms with E-state index in [9.17, 15) is 4.79 Å². The summed E-state index contributed by atoms with van der Waals surface area (Å²) in [6, 6.07) is 0.936. The molecule has 2 aliphatic rings. The minimum absolute atomic E-state index is 0.187. The molecule has 80 valence electrons. The molecule has 4 nitrogen and oxygen atoms in total. The Morgan fingerprint density at radius 3 is 3.00 bits per heavy atom. The number of carbonyl (C=O) groups is 1. The van der Waals surface area contributed by atoms with Crippen molar-refractivity contribution in [2.24, 2.45) is 0 Å². The Morgan fingerprint density at radius 2 is 2.36 bits per heavy atom.